The largest absolute Gasteiger partial charge is 0.339 e. The summed E-state index contributed by atoms with van der Waals surface area (Å²) in [6.45, 7) is 1.41. The number of hydrogen-bond donors (Lipinski definition) is 1. The van der Waals surface area contributed by atoms with Crippen molar-refractivity contribution in [2.45, 2.75) is 18.9 Å². The van der Waals surface area contributed by atoms with Crippen molar-refractivity contribution in [2.75, 3.05) is 18.0 Å². The quantitative estimate of drug-likeness (QED) is 0.898. The molecule has 1 aliphatic rings. The average Bonchev–Trinajstić information content (AvgIpc) is 2.62. The monoisotopic (exact) mass is 344 g/mol. The normalized spacial score (nSPS) is 18.8. The minimum absolute atomic E-state index is 0.145. The Morgan fingerprint density at radius 1 is 1.12 bits per heavy atom. The molecule has 0 bridgehead atoms. The Morgan fingerprint density at radius 3 is 2.62 bits per heavy atom. The van der Waals surface area contributed by atoms with Crippen LogP contribution in [0.15, 0.2) is 54.2 Å². The van der Waals surface area contributed by atoms with E-state index in [2.05, 4.69) is 14.7 Å². The molecule has 0 spiro atoms. The Morgan fingerprint density at radius 2 is 1.88 bits per heavy atom. The molecule has 2 heterocycles. The number of piperidine rings is 1. The third kappa shape index (κ3) is 4.62. The van der Waals surface area contributed by atoms with Crippen molar-refractivity contribution >= 4 is 22.0 Å². The van der Waals surface area contributed by atoms with Crippen LogP contribution >= 0.6 is 0 Å². The van der Waals surface area contributed by atoms with E-state index in [4.69, 9.17) is 0 Å². The second-order valence-electron chi connectivity index (χ2n) is 5.71. The van der Waals surface area contributed by atoms with Gasteiger partial charge in [-0.25, -0.2) is 23.1 Å². The molecule has 1 fully saturated rings. The van der Waals surface area contributed by atoms with E-state index < -0.39 is 10.0 Å². The van der Waals surface area contributed by atoms with Gasteiger partial charge in [0.1, 0.15) is 0 Å². The van der Waals surface area contributed by atoms with Gasteiger partial charge >= 0.3 is 0 Å². The number of nitrogens with zero attached hydrogens (tertiary/aromatic N) is 3. The molecule has 1 aromatic heterocycles. The van der Waals surface area contributed by atoms with Crippen LogP contribution in [0, 0.1) is 0 Å². The molecular weight excluding hydrogens is 324 g/mol. The maximum Gasteiger partial charge on any atom is 0.234 e. The van der Waals surface area contributed by atoms with Crippen LogP contribution in [0.3, 0.4) is 0 Å². The minimum Gasteiger partial charge on any atom is -0.339 e. The number of anilines is 1. The molecule has 0 saturated carbocycles. The van der Waals surface area contributed by atoms with E-state index in [-0.39, 0.29) is 6.04 Å². The van der Waals surface area contributed by atoms with E-state index in [1.807, 2.05) is 35.2 Å². The van der Waals surface area contributed by atoms with Gasteiger partial charge in [0.25, 0.3) is 0 Å². The third-order valence-corrected chi connectivity index (χ3v) is 4.98. The van der Waals surface area contributed by atoms with Crippen molar-refractivity contribution in [3.8, 4) is 0 Å². The number of hydrogen-bond acceptors (Lipinski definition) is 5. The van der Waals surface area contributed by atoms with Gasteiger partial charge in [-0.2, -0.15) is 0 Å². The standard InChI is InChI=1S/C17H20N4O2S/c22-24(23,13-9-15-6-2-1-3-7-15)20-16-8-4-12-21(14-16)17-18-10-5-11-19-17/h1-3,5-7,9-11,13,16,20H,4,8,12,14H2/b13-9+/t16-/m0/s1. The first kappa shape index (κ1) is 16.6. The highest BCUT2D eigenvalue weighted by atomic mass is 32.2. The van der Waals surface area contributed by atoms with Gasteiger partial charge in [0.05, 0.1) is 0 Å². The van der Waals surface area contributed by atoms with Gasteiger partial charge in [-0.15, -0.1) is 0 Å². The first-order valence-electron chi connectivity index (χ1n) is 7.90. The summed E-state index contributed by atoms with van der Waals surface area (Å²) in [6.07, 6.45) is 6.69. The first-order valence-corrected chi connectivity index (χ1v) is 9.44. The molecule has 1 N–H and O–H groups in total. The van der Waals surface area contributed by atoms with Crippen molar-refractivity contribution in [3.63, 3.8) is 0 Å². The zero-order valence-electron chi connectivity index (χ0n) is 13.2. The lowest BCUT2D eigenvalue weighted by Gasteiger charge is -2.32. The van der Waals surface area contributed by atoms with Gasteiger partial charge < -0.3 is 4.90 Å². The molecule has 7 heteroatoms. The Bertz CT molecular complexity index is 779. The second kappa shape index (κ2) is 7.55. The highest BCUT2D eigenvalue weighted by Crippen LogP contribution is 2.16. The van der Waals surface area contributed by atoms with Crippen molar-refractivity contribution in [1.29, 1.82) is 0 Å². The predicted octanol–water partition coefficient (Wildman–Crippen LogP) is 2.04. The third-order valence-electron chi connectivity index (χ3n) is 3.83. The molecule has 0 aliphatic carbocycles. The Kier molecular flexibility index (Phi) is 5.22. The molecular formula is C17H20N4O2S. The van der Waals surface area contributed by atoms with Crippen LogP contribution in [0.1, 0.15) is 18.4 Å². The summed E-state index contributed by atoms with van der Waals surface area (Å²) in [6, 6.07) is 11.0. The number of nitrogens with one attached hydrogen (secondary N) is 1. The molecule has 1 atom stereocenters. The molecule has 0 amide bonds. The van der Waals surface area contributed by atoms with Gasteiger partial charge in [0, 0.05) is 36.9 Å². The van der Waals surface area contributed by atoms with Gasteiger partial charge in [-0.3, -0.25) is 0 Å². The molecule has 6 nitrogen and oxygen atoms in total. The Balaban J connectivity index is 1.63. The van der Waals surface area contributed by atoms with E-state index in [1.54, 1.807) is 24.5 Å². The lowest BCUT2D eigenvalue weighted by molar-refractivity contribution is 0.464. The smallest absolute Gasteiger partial charge is 0.234 e. The van der Waals surface area contributed by atoms with Crippen molar-refractivity contribution in [3.05, 3.63) is 59.8 Å². The highest BCUT2D eigenvalue weighted by Gasteiger charge is 2.24. The van der Waals surface area contributed by atoms with E-state index >= 15 is 0 Å². The summed E-state index contributed by atoms with van der Waals surface area (Å²) in [5, 5.41) is 1.22. The second-order valence-corrected chi connectivity index (χ2v) is 7.31. The van der Waals surface area contributed by atoms with Crippen molar-refractivity contribution < 1.29 is 8.42 Å². The molecule has 2 aromatic rings. The van der Waals surface area contributed by atoms with Crippen molar-refractivity contribution in [2.24, 2.45) is 0 Å². The van der Waals surface area contributed by atoms with Gasteiger partial charge in [0.2, 0.25) is 16.0 Å². The predicted molar refractivity (Wildman–Crippen MR) is 94.8 cm³/mol. The maximum absolute atomic E-state index is 12.3. The zero-order chi connectivity index (χ0) is 16.8. The molecule has 126 valence electrons. The Hall–Kier alpha value is -2.25. The molecule has 24 heavy (non-hydrogen) atoms. The molecule has 3 rings (SSSR count). The lowest BCUT2D eigenvalue weighted by Crippen LogP contribution is -2.47. The number of rotatable bonds is 5. The fourth-order valence-corrected chi connectivity index (χ4v) is 3.79. The van der Waals surface area contributed by atoms with Gasteiger partial charge in [-0.1, -0.05) is 30.3 Å². The fourth-order valence-electron chi connectivity index (χ4n) is 2.71. The average molecular weight is 344 g/mol. The maximum atomic E-state index is 12.3. The van der Waals surface area contributed by atoms with Crippen LogP contribution in [0.5, 0.6) is 0 Å². The summed E-state index contributed by atoms with van der Waals surface area (Å²) in [4.78, 5) is 10.5. The van der Waals surface area contributed by atoms with E-state index in [0.717, 1.165) is 24.9 Å². The molecule has 1 aromatic carbocycles. The fraction of sp³-hybridized carbons (Fsp3) is 0.294. The van der Waals surface area contributed by atoms with Crippen LogP contribution in [-0.2, 0) is 10.0 Å². The summed E-state index contributed by atoms with van der Waals surface area (Å²) >= 11 is 0. The summed E-state index contributed by atoms with van der Waals surface area (Å²) in [5.74, 6) is 0.640. The summed E-state index contributed by atoms with van der Waals surface area (Å²) in [5.41, 5.74) is 0.853. The summed E-state index contributed by atoms with van der Waals surface area (Å²) < 4.78 is 27.3. The molecule has 0 unspecified atom stereocenters. The van der Waals surface area contributed by atoms with Crippen LogP contribution in [0.25, 0.3) is 6.08 Å². The Labute approximate surface area is 142 Å². The van der Waals surface area contributed by atoms with Crippen molar-refractivity contribution in [1.82, 2.24) is 14.7 Å². The van der Waals surface area contributed by atoms with Gasteiger partial charge in [0.15, 0.2) is 0 Å². The number of aromatic nitrogens is 2. The first-order chi connectivity index (χ1) is 11.6. The topological polar surface area (TPSA) is 75.2 Å². The molecule has 1 saturated heterocycles. The van der Waals surface area contributed by atoms with Crippen LogP contribution in [-0.4, -0.2) is 37.5 Å². The van der Waals surface area contributed by atoms with Crippen LogP contribution in [0.2, 0.25) is 0 Å². The highest BCUT2D eigenvalue weighted by molar-refractivity contribution is 7.92. The SMILES string of the molecule is O=S(=O)(/C=C/c1ccccc1)N[C@H]1CCCN(c2ncccn2)C1. The number of sulfonamides is 1. The van der Waals surface area contributed by atoms with Crippen LogP contribution in [0.4, 0.5) is 5.95 Å². The minimum atomic E-state index is -3.48. The molecule has 1 aliphatic heterocycles. The lowest BCUT2D eigenvalue weighted by atomic mass is 10.1. The summed E-state index contributed by atoms with van der Waals surface area (Å²) in [7, 11) is -3.48. The van der Waals surface area contributed by atoms with E-state index in [1.165, 1.54) is 5.41 Å². The van der Waals surface area contributed by atoms with E-state index in [9.17, 15) is 8.42 Å². The van der Waals surface area contributed by atoms with E-state index in [0.29, 0.717) is 12.5 Å². The number of benzene rings is 1. The zero-order valence-corrected chi connectivity index (χ0v) is 14.1. The van der Waals surface area contributed by atoms with Gasteiger partial charge in [-0.05, 0) is 30.5 Å². The van der Waals surface area contributed by atoms with Crippen LogP contribution < -0.4 is 9.62 Å². The molecule has 0 radical (unpaired) electrons.